The molecule has 2 rings (SSSR count). The number of carbonyl (C=O) groups excluding carboxylic acids is 2. The molecule has 0 saturated carbocycles. The molecule has 1 aliphatic heterocycles. The van der Waals surface area contributed by atoms with Gasteiger partial charge in [0, 0.05) is 36.8 Å². The minimum Gasteiger partial charge on any atom is -0.378 e. The molecule has 6 heteroatoms. The minimum atomic E-state index is -0.0896. The van der Waals surface area contributed by atoms with Crippen molar-refractivity contribution in [2.45, 2.75) is 25.8 Å². The Balaban J connectivity index is 1.97. The Morgan fingerprint density at radius 1 is 1.36 bits per heavy atom. The molecule has 22 heavy (non-hydrogen) atoms. The molecule has 2 amide bonds. The van der Waals surface area contributed by atoms with Crippen molar-refractivity contribution in [2.24, 2.45) is 5.73 Å². The van der Waals surface area contributed by atoms with E-state index < -0.39 is 0 Å². The van der Waals surface area contributed by atoms with Gasteiger partial charge in [0.2, 0.25) is 5.91 Å². The summed E-state index contributed by atoms with van der Waals surface area (Å²) in [5.41, 5.74) is 6.85. The van der Waals surface area contributed by atoms with Gasteiger partial charge in [-0.15, -0.1) is 0 Å². The predicted molar refractivity (Wildman–Crippen MR) is 84.7 cm³/mol. The van der Waals surface area contributed by atoms with Crippen LogP contribution in [0.4, 0.5) is 5.69 Å². The lowest BCUT2D eigenvalue weighted by Gasteiger charge is -2.27. The number of carbonyl (C=O) groups is 2. The zero-order chi connectivity index (χ0) is 15.9. The van der Waals surface area contributed by atoms with E-state index in [-0.39, 0.29) is 17.9 Å². The number of amides is 2. The average Bonchev–Trinajstić information content (AvgIpc) is 2.53. The van der Waals surface area contributed by atoms with Gasteiger partial charge in [0.25, 0.3) is 5.91 Å². The Morgan fingerprint density at radius 2 is 2.09 bits per heavy atom. The van der Waals surface area contributed by atoms with Crippen molar-refractivity contribution in [3.8, 4) is 0 Å². The highest BCUT2D eigenvalue weighted by atomic mass is 16.5. The molecular formula is C16H23N3O3. The Morgan fingerprint density at radius 3 is 2.77 bits per heavy atom. The van der Waals surface area contributed by atoms with Gasteiger partial charge in [-0.25, -0.2) is 0 Å². The van der Waals surface area contributed by atoms with Crippen LogP contribution in [0.3, 0.4) is 0 Å². The molecule has 1 fully saturated rings. The summed E-state index contributed by atoms with van der Waals surface area (Å²) in [6.45, 7) is 4.21. The number of nitrogens with two attached hydrogens (primary N) is 1. The van der Waals surface area contributed by atoms with Crippen LogP contribution in [0.5, 0.6) is 0 Å². The second-order valence-corrected chi connectivity index (χ2v) is 5.55. The van der Waals surface area contributed by atoms with Crippen molar-refractivity contribution >= 4 is 17.5 Å². The van der Waals surface area contributed by atoms with Crippen LogP contribution in [0.25, 0.3) is 0 Å². The Hall–Kier alpha value is -1.92. The number of hydrogen-bond acceptors (Lipinski definition) is 4. The SMILES string of the molecule is CC(N)CCC(=O)Nc1cccc(C(=O)N2CCOCC2)c1. The van der Waals surface area contributed by atoms with Gasteiger partial charge in [-0.2, -0.15) is 0 Å². The van der Waals surface area contributed by atoms with E-state index in [1.54, 1.807) is 29.2 Å². The fourth-order valence-corrected chi connectivity index (χ4v) is 2.26. The largest absolute Gasteiger partial charge is 0.378 e. The van der Waals surface area contributed by atoms with Crippen molar-refractivity contribution in [2.75, 3.05) is 31.6 Å². The van der Waals surface area contributed by atoms with E-state index in [0.717, 1.165) is 0 Å². The fourth-order valence-electron chi connectivity index (χ4n) is 2.26. The van der Waals surface area contributed by atoms with Crippen LogP contribution in [0, 0.1) is 0 Å². The summed E-state index contributed by atoms with van der Waals surface area (Å²) < 4.78 is 5.25. The van der Waals surface area contributed by atoms with Crippen LogP contribution in [-0.4, -0.2) is 49.1 Å². The van der Waals surface area contributed by atoms with Crippen molar-refractivity contribution in [1.82, 2.24) is 4.90 Å². The number of rotatable bonds is 5. The number of hydrogen-bond donors (Lipinski definition) is 2. The second kappa shape index (κ2) is 7.91. The van der Waals surface area contributed by atoms with Crippen molar-refractivity contribution in [3.63, 3.8) is 0 Å². The van der Waals surface area contributed by atoms with Crippen molar-refractivity contribution in [1.29, 1.82) is 0 Å². The number of morpholine rings is 1. The molecule has 1 aromatic rings. The first kappa shape index (κ1) is 16.5. The molecule has 1 unspecified atom stereocenters. The van der Waals surface area contributed by atoms with E-state index in [1.165, 1.54) is 0 Å². The van der Waals surface area contributed by atoms with Gasteiger partial charge in [-0.1, -0.05) is 6.07 Å². The number of ether oxygens (including phenoxy) is 1. The molecule has 0 bridgehead atoms. The monoisotopic (exact) mass is 305 g/mol. The van der Waals surface area contributed by atoms with Crippen LogP contribution in [0.15, 0.2) is 24.3 Å². The van der Waals surface area contributed by atoms with Gasteiger partial charge in [0.05, 0.1) is 13.2 Å². The zero-order valence-electron chi connectivity index (χ0n) is 12.9. The average molecular weight is 305 g/mol. The van der Waals surface area contributed by atoms with Gasteiger partial charge in [0.1, 0.15) is 0 Å². The Labute approximate surface area is 130 Å². The molecule has 120 valence electrons. The highest BCUT2D eigenvalue weighted by Gasteiger charge is 2.18. The Bertz CT molecular complexity index is 525. The quantitative estimate of drug-likeness (QED) is 0.857. The van der Waals surface area contributed by atoms with E-state index in [0.29, 0.717) is 50.4 Å². The first-order valence-corrected chi connectivity index (χ1v) is 7.59. The number of nitrogens with zero attached hydrogens (tertiary/aromatic N) is 1. The summed E-state index contributed by atoms with van der Waals surface area (Å²) in [6.07, 6.45) is 1.01. The maximum atomic E-state index is 12.4. The molecule has 0 radical (unpaired) electrons. The summed E-state index contributed by atoms with van der Waals surface area (Å²) in [6, 6.07) is 7.02. The molecule has 1 aliphatic rings. The number of anilines is 1. The zero-order valence-corrected chi connectivity index (χ0v) is 12.9. The second-order valence-electron chi connectivity index (χ2n) is 5.55. The molecule has 1 saturated heterocycles. The molecule has 3 N–H and O–H groups in total. The minimum absolute atomic E-state index is 0.0000162. The van der Waals surface area contributed by atoms with E-state index in [2.05, 4.69) is 5.32 Å². The highest BCUT2D eigenvalue weighted by molar-refractivity contribution is 5.97. The summed E-state index contributed by atoms with van der Waals surface area (Å²) in [5, 5.41) is 2.81. The standard InChI is InChI=1S/C16H23N3O3/c1-12(17)5-6-15(20)18-14-4-2-3-13(11-14)16(21)19-7-9-22-10-8-19/h2-4,11-12H,5-10,17H2,1H3,(H,18,20). The molecular weight excluding hydrogens is 282 g/mol. The third kappa shape index (κ3) is 4.82. The van der Waals surface area contributed by atoms with Gasteiger partial charge in [-0.05, 0) is 31.5 Å². The molecule has 1 heterocycles. The van der Waals surface area contributed by atoms with Gasteiger partial charge in [0.15, 0.2) is 0 Å². The summed E-state index contributed by atoms with van der Waals surface area (Å²) in [7, 11) is 0. The number of benzene rings is 1. The van der Waals surface area contributed by atoms with Crippen molar-refractivity contribution < 1.29 is 14.3 Å². The molecule has 6 nitrogen and oxygen atoms in total. The third-order valence-electron chi connectivity index (χ3n) is 3.52. The first-order valence-electron chi connectivity index (χ1n) is 7.59. The lowest BCUT2D eigenvalue weighted by Crippen LogP contribution is -2.40. The Kier molecular flexibility index (Phi) is 5.91. The highest BCUT2D eigenvalue weighted by Crippen LogP contribution is 2.14. The van der Waals surface area contributed by atoms with Gasteiger partial charge >= 0.3 is 0 Å². The van der Waals surface area contributed by atoms with Crippen LogP contribution >= 0.6 is 0 Å². The molecule has 1 atom stereocenters. The third-order valence-corrected chi connectivity index (χ3v) is 3.52. The summed E-state index contributed by atoms with van der Waals surface area (Å²) in [5.74, 6) is -0.122. The van der Waals surface area contributed by atoms with Crippen LogP contribution in [-0.2, 0) is 9.53 Å². The van der Waals surface area contributed by atoms with E-state index in [4.69, 9.17) is 10.5 Å². The van der Waals surface area contributed by atoms with E-state index in [1.807, 2.05) is 6.92 Å². The van der Waals surface area contributed by atoms with E-state index in [9.17, 15) is 9.59 Å². The smallest absolute Gasteiger partial charge is 0.254 e. The van der Waals surface area contributed by atoms with E-state index >= 15 is 0 Å². The maximum absolute atomic E-state index is 12.4. The first-order chi connectivity index (χ1) is 10.6. The number of nitrogens with one attached hydrogen (secondary N) is 1. The van der Waals surface area contributed by atoms with Crippen LogP contribution in [0.2, 0.25) is 0 Å². The summed E-state index contributed by atoms with van der Waals surface area (Å²) in [4.78, 5) is 26.0. The lowest BCUT2D eigenvalue weighted by atomic mass is 10.1. The maximum Gasteiger partial charge on any atom is 0.254 e. The molecule has 0 spiro atoms. The molecule has 0 aliphatic carbocycles. The lowest BCUT2D eigenvalue weighted by molar-refractivity contribution is -0.116. The van der Waals surface area contributed by atoms with Gasteiger partial charge in [-0.3, -0.25) is 9.59 Å². The predicted octanol–water partition coefficient (Wildman–Crippen LogP) is 1.22. The normalized spacial score (nSPS) is 16.2. The van der Waals surface area contributed by atoms with Crippen LogP contribution < -0.4 is 11.1 Å². The van der Waals surface area contributed by atoms with Crippen LogP contribution in [0.1, 0.15) is 30.1 Å². The molecule has 1 aromatic carbocycles. The topological polar surface area (TPSA) is 84.7 Å². The van der Waals surface area contributed by atoms with Gasteiger partial charge < -0.3 is 20.7 Å². The fraction of sp³-hybridized carbons (Fsp3) is 0.500. The molecule has 0 aromatic heterocycles. The van der Waals surface area contributed by atoms with Crippen molar-refractivity contribution in [3.05, 3.63) is 29.8 Å². The summed E-state index contributed by atoms with van der Waals surface area (Å²) >= 11 is 0.